The van der Waals surface area contributed by atoms with Crippen LogP contribution in [0.1, 0.15) is 45.0 Å². The number of amides is 1. The van der Waals surface area contributed by atoms with Crippen LogP contribution in [0.25, 0.3) is 16.5 Å². The Morgan fingerprint density at radius 2 is 1.60 bits per heavy atom. The fraction of sp³-hybridized carbons (Fsp3) is 0.321. The lowest BCUT2D eigenvalue weighted by Gasteiger charge is -2.32. The van der Waals surface area contributed by atoms with Crippen molar-refractivity contribution < 1.29 is 4.79 Å². The van der Waals surface area contributed by atoms with E-state index in [4.69, 9.17) is 0 Å². The van der Waals surface area contributed by atoms with E-state index in [0.717, 1.165) is 46.2 Å². The van der Waals surface area contributed by atoms with E-state index in [2.05, 4.69) is 56.2 Å². The first kappa shape index (κ1) is 23.6. The summed E-state index contributed by atoms with van der Waals surface area (Å²) in [6.45, 7) is 6.28. The summed E-state index contributed by atoms with van der Waals surface area (Å²) in [6, 6.07) is 24.5. The summed E-state index contributed by atoms with van der Waals surface area (Å²) >= 11 is 1.44. The number of thioether (sulfide) groups is 1. The van der Waals surface area contributed by atoms with Crippen molar-refractivity contribution in [1.29, 1.82) is 0 Å². The lowest BCUT2D eigenvalue weighted by Crippen LogP contribution is -2.33. The van der Waals surface area contributed by atoms with Gasteiger partial charge >= 0.3 is 0 Å². The van der Waals surface area contributed by atoms with Crippen LogP contribution >= 0.6 is 11.8 Å². The van der Waals surface area contributed by atoms with Crippen molar-refractivity contribution in [1.82, 2.24) is 19.7 Å². The summed E-state index contributed by atoms with van der Waals surface area (Å²) < 4.78 is 2.11. The van der Waals surface area contributed by atoms with Gasteiger partial charge in [-0.3, -0.25) is 14.3 Å². The Morgan fingerprint density at radius 1 is 0.886 bits per heavy atom. The van der Waals surface area contributed by atoms with Crippen molar-refractivity contribution >= 4 is 34.1 Å². The predicted octanol–water partition coefficient (Wildman–Crippen LogP) is 6.09. The second kappa shape index (κ2) is 10.6. The number of piperidine rings is 1. The van der Waals surface area contributed by atoms with Crippen LogP contribution in [0.15, 0.2) is 78.0 Å². The molecular weight excluding hydrogens is 454 g/mol. The minimum absolute atomic E-state index is 0.0569. The third-order valence-electron chi connectivity index (χ3n) is 6.65. The molecule has 1 N–H and O–H groups in total. The smallest absolute Gasteiger partial charge is 0.237 e. The highest BCUT2D eigenvalue weighted by Gasteiger charge is 2.27. The molecule has 1 aliphatic heterocycles. The molecule has 35 heavy (non-hydrogen) atoms. The number of aromatic nitrogens is 3. The standard InChI is InChI=1S/C28H31N5OS/c1-20(32-17-9-4-10-18-32)26-30-31-28(33(26)25-13-5-3-6-14-25)35-21(2)27(34)29-24-16-15-22-11-7-8-12-23(22)19-24/h3,5-8,11-16,19-21H,4,9-10,17-18H2,1-2H3,(H,29,34)/t20-,21+/m0/s1. The molecule has 0 radical (unpaired) electrons. The molecule has 0 saturated carbocycles. The van der Waals surface area contributed by atoms with Crippen LogP contribution in [0.2, 0.25) is 0 Å². The molecule has 0 unspecified atom stereocenters. The monoisotopic (exact) mass is 485 g/mol. The van der Waals surface area contributed by atoms with Gasteiger partial charge in [0.1, 0.15) is 0 Å². The van der Waals surface area contributed by atoms with Crippen molar-refractivity contribution in [2.24, 2.45) is 0 Å². The zero-order valence-corrected chi connectivity index (χ0v) is 21.0. The highest BCUT2D eigenvalue weighted by Crippen LogP contribution is 2.31. The molecule has 0 aliphatic carbocycles. The van der Waals surface area contributed by atoms with Gasteiger partial charge in [-0.05, 0) is 74.8 Å². The number of rotatable bonds is 7. The van der Waals surface area contributed by atoms with Crippen molar-refractivity contribution in [3.63, 3.8) is 0 Å². The van der Waals surface area contributed by atoms with E-state index in [1.165, 1.54) is 31.0 Å². The van der Waals surface area contributed by atoms with E-state index in [-0.39, 0.29) is 17.2 Å². The van der Waals surface area contributed by atoms with Gasteiger partial charge in [-0.25, -0.2) is 0 Å². The van der Waals surface area contributed by atoms with E-state index < -0.39 is 0 Å². The number of carbonyl (C=O) groups is 1. The first-order valence-electron chi connectivity index (χ1n) is 12.3. The molecule has 2 atom stereocenters. The Balaban J connectivity index is 1.37. The van der Waals surface area contributed by atoms with E-state index in [1.807, 2.05) is 55.5 Å². The summed E-state index contributed by atoms with van der Waals surface area (Å²) in [6.07, 6.45) is 3.73. The molecular formula is C28H31N5OS. The molecule has 3 aromatic carbocycles. The maximum Gasteiger partial charge on any atom is 0.237 e. The molecule has 4 aromatic rings. The lowest BCUT2D eigenvalue weighted by atomic mass is 10.1. The maximum atomic E-state index is 13.1. The van der Waals surface area contributed by atoms with Crippen molar-refractivity contribution in [2.75, 3.05) is 18.4 Å². The molecule has 180 valence electrons. The van der Waals surface area contributed by atoms with Crippen LogP contribution in [0.5, 0.6) is 0 Å². The average molecular weight is 486 g/mol. The molecule has 0 bridgehead atoms. The highest BCUT2D eigenvalue weighted by molar-refractivity contribution is 8.00. The van der Waals surface area contributed by atoms with Crippen LogP contribution in [0.4, 0.5) is 5.69 Å². The van der Waals surface area contributed by atoms with Crippen LogP contribution in [0.3, 0.4) is 0 Å². The summed E-state index contributed by atoms with van der Waals surface area (Å²) in [5, 5.41) is 14.9. The molecule has 2 heterocycles. The van der Waals surface area contributed by atoms with E-state index >= 15 is 0 Å². The third kappa shape index (κ3) is 5.26. The maximum absolute atomic E-state index is 13.1. The summed E-state index contributed by atoms with van der Waals surface area (Å²) in [4.78, 5) is 15.6. The van der Waals surface area contributed by atoms with Crippen LogP contribution in [0, 0.1) is 0 Å². The number of nitrogens with one attached hydrogen (secondary N) is 1. The zero-order valence-electron chi connectivity index (χ0n) is 20.2. The van der Waals surface area contributed by atoms with Gasteiger partial charge in [0.15, 0.2) is 11.0 Å². The number of hydrogen-bond acceptors (Lipinski definition) is 5. The molecule has 1 fully saturated rings. The molecule has 7 heteroatoms. The fourth-order valence-electron chi connectivity index (χ4n) is 4.64. The first-order chi connectivity index (χ1) is 17.1. The number of benzene rings is 3. The van der Waals surface area contributed by atoms with Gasteiger partial charge in [0.05, 0.1) is 11.3 Å². The van der Waals surface area contributed by atoms with E-state index in [9.17, 15) is 4.79 Å². The molecule has 1 aliphatic rings. The van der Waals surface area contributed by atoms with Gasteiger partial charge in [-0.1, -0.05) is 66.7 Å². The number of nitrogens with zero attached hydrogens (tertiary/aromatic N) is 4. The SMILES string of the molecule is C[C@@H](Sc1nnc([C@H](C)N2CCCCC2)n1-c1ccccc1)C(=O)Nc1ccc2ccccc2c1. The molecule has 1 aromatic heterocycles. The molecule has 0 spiro atoms. The van der Waals surface area contributed by atoms with Gasteiger partial charge in [0.25, 0.3) is 0 Å². The molecule has 1 amide bonds. The van der Waals surface area contributed by atoms with Gasteiger partial charge in [0.2, 0.25) is 5.91 Å². The predicted molar refractivity (Wildman–Crippen MR) is 143 cm³/mol. The minimum atomic E-state index is -0.341. The van der Waals surface area contributed by atoms with Crippen LogP contribution < -0.4 is 5.32 Å². The topological polar surface area (TPSA) is 63.1 Å². The fourth-order valence-corrected chi connectivity index (χ4v) is 5.51. The first-order valence-corrected chi connectivity index (χ1v) is 13.2. The molecule has 5 rings (SSSR count). The largest absolute Gasteiger partial charge is 0.325 e. The zero-order chi connectivity index (χ0) is 24.2. The van der Waals surface area contributed by atoms with Crippen molar-refractivity contribution in [3.8, 4) is 5.69 Å². The summed E-state index contributed by atoms with van der Waals surface area (Å²) in [5.41, 5.74) is 1.81. The quantitative estimate of drug-likeness (QED) is 0.321. The molecule has 1 saturated heterocycles. The Labute approximate surface area is 210 Å². The Kier molecular flexibility index (Phi) is 7.16. The number of likely N-dealkylation sites (tertiary alicyclic amines) is 1. The average Bonchev–Trinajstić information content (AvgIpc) is 3.32. The van der Waals surface area contributed by atoms with Gasteiger partial charge in [-0.2, -0.15) is 0 Å². The van der Waals surface area contributed by atoms with Gasteiger partial charge in [-0.15, -0.1) is 10.2 Å². The highest BCUT2D eigenvalue weighted by atomic mass is 32.2. The summed E-state index contributed by atoms with van der Waals surface area (Å²) in [7, 11) is 0. The second-order valence-electron chi connectivity index (χ2n) is 9.10. The number of fused-ring (bicyclic) bond motifs is 1. The lowest BCUT2D eigenvalue weighted by molar-refractivity contribution is -0.115. The van der Waals surface area contributed by atoms with Crippen LogP contribution in [-0.4, -0.2) is 43.9 Å². The number of anilines is 1. The minimum Gasteiger partial charge on any atom is -0.325 e. The van der Waals surface area contributed by atoms with E-state index in [1.54, 1.807) is 0 Å². The van der Waals surface area contributed by atoms with Crippen LogP contribution in [-0.2, 0) is 4.79 Å². The van der Waals surface area contributed by atoms with Crippen molar-refractivity contribution in [2.45, 2.75) is 49.6 Å². The Morgan fingerprint density at radius 3 is 2.37 bits per heavy atom. The van der Waals surface area contributed by atoms with E-state index in [0.29, 0.717) is 0 Å². The third-order valence-corrected chi connectivity index (χ3v) is 7.70. The number of para-hydroxylation sites is 1. The Bertz CT molecular complexity index is 1300. The Hall–Kier alpha value is -3.16. The van der Waals surface area contributed by atoms with Gasteiger partial charge < -0.3 is 5.32 Å². The number of hydrogen-bond donors (Lipinski definition) is 1. The molecule has 6 nitrogen and oxygen atoms in total. The normalized spacial score (nSPS) is 16.2. The second-order valence-corrected chi connectivity index (χ2v) is 10.4. The van der Waals surface area contributed by atoms with Gasteiger partial charge in [0, 0.05) is 11.4 Å². The van der Waals surface area contributed by atoms with Crippen molar-refractivity contribution in [3.05, 3.63) is 78.6 Å². The summed E-state index contributed by atoms with van der Waals surface area (Å²) in [5.74, 6) is 0.862. The number of carbonyl (C=O) groups excluding carboxylic acids is 1.